The predicted molar refractivity (Wildman–Crippen MR) is 168 cm³/mol. The number of rotatable bonds is 7. The SMILES string of the molecule is C=C(CC1=CCC=C1C1Cc2ccc(CC3CCC(C4CCC(C)CC4)CC3)cc2C1)c1c(C)cccc1C. The molecule has 2 fully saturated rings. The predicted octanol–water partition coefficient (Wildman–Crippen LogP) is 10.6. The number of aryl methyl sites for hydroxylation is 2. The van der Waals surface area contributed by atoms with Crippen molar-refractivity contribution in [2.24, 2.45) is 29.6 Å². The van der Waals surface area contributed by atoms with Crippen LogP contribution in [-0.4, -0.2) is 0 Å². The molecule has 2 saturated carbocycles. The van der Waals surface area contributed by atoms with Gasteiger partial charge in [-0.25, -0.2) is 0 Å². The largest absolute Gasteiger partial charge is 0.0949 e. The molecule has 0 N–H and O–H groups in total. The van der Waals surface area contributed by atoms with Crippen molar-refractivity contribution in [2.45, 2.75) is 104 Å². The van der Waals surface area contributed by atoms with E-state index in [2.05, 4.69) is 75.9 Å². The summed E-state index contributed by atoms with van der Waals surface area (Å²) in [5.74, 6) is 4.60. The summed E-state index contributed by atoms with van der Waals surface area (Å²) in [4.78, 5) is 0. The van der Waals surface area contributed by atoms with Gasteiger partial charge in [0, 0.05) is 0 Å². The van der Waals surface area contributed by atoms with Crippen molar-refractivity contribution >= 4 is 5.57 Å². The summed E-state index contributed by atoms with van der Waals surface area (Å²) in [6.07, 6.45) is 22.7. The van der Waals surface area contributed by atoms with Crippen LogP contribution in [0.3, 0.4) is 0 Å². The van der Waals surface area contributed by atoms with Crippen LogP contribution in [0.1, 0.15) is 105 Å². The molecule has 1 unspecified atom stereocenters. The molecular formula is C39H50. The van der Waals surface area contributed by atoms with Crippen molar-refractivity contribution in [3.8, 4) is 0 Å². The average Bonchev–Trinajstić information content (AvgIpc) is 3.56. The summed E-state index contributed by atoms with van der Waals surface area (Å²) in [6.45, 7) is 11.4. The normalized spacial score (nSPS) is 28.6. The number of fused-ring (bicyclic) bond motifs is 1. The standard InChI is InChI=1S/C39H50/c1-26-11-16-32(17-12-26)33-18-13-30(14-19-33)22-31-15-20-34-24-37(25-36(34)23-31)38-10-6-9-35(38)21-29(4)39-27(2)7-5-8-28(39)3/h5,7-10,15,20,23,26,30,32-33,37H,4,6,11-14,16-19,21-22,24-25H2,1-3H3. The summed E-state index contributed by atoms with van der Waals surface area (Å²) in [5, 5.41) is 0. The Balaban J connectivity index is 1.04. The molecule has 0 nitrogen and oxygen atoms in total. The van der Waals surface area contributed by atoms with Crippen LogP contribution >= 0.6 is 0 Å². The quantitative estimate of drug-likeness (QED) is 0.342. The lowest BCUT2D eigenvalue weighted by Gasteiger charge is -2.37. The molecule has 4 aliphatic rings. The van der Waals surface area contributed by atoms with Gasteiger partial charge in [-0.3, -0.25) is 0 Å². The van der Waals surface area contributed by atoms with Crippen LogP contribution in [0, 0.1) is 43.4 Å². The first-order valence-corrected chi connectivity index (χ1v) is 16.2. The van der Waals surface area contributed by atoms with Crippen LogP contribution in [0.15, 0.2) is 66.3 Å². The van der Waals surface area contributed by atoms with E-state index in [4.69, 9.17) is 0 Å². The molecule has 2 aromatic carbocycles. The first kappa shape index (κ1) is 26.9. The zero-order chi connectivity index (χ0) is 26.9. The zero-order valence-electron chi connectivity index (χ0n) is 24.9. The smallest absolute Gasteiger partial charge is 0.00258 e. The van der Waals surface area contributed by atoms with E-state index in [0.717, 1.165) is 36.5 Å². The Morgan fingerprint density at radius 1 is 0.795 bits per heavy atom. The van der Waals surface area contributed by atoms with Crippen molar-refractivity contribution in [2.75, 3.05) is 0 Å². The Morgan fingerprint density at radius 2 is 1.46 bits per heavy atom. The summed E-state index contributed by atoms with van der Waals surface area (Å²) in [6, 6.07) is 14.2. The van der Waals surface area contributed by atoms with E-state index >= 15 is 0 Å². The monoisotopic (exact) mass is 518 g/mol. The van der Waals surface area contributed by atoms with Crippen LogP contribution in [0.5, 0.6) is 0 Å². The Hall–Kier alpha value is -2.34. The van der Waals surface area contributed by atoms with Crippen LogP contribution in [-0.2, 0) is 19.3 Å². The number of allylic oxidation sites excluding steroid dienone is 5. The van der Waals surface area contributed by atoms with Gasteiger partial charge < -0.3 is 0 Å². The minimum absolute atomic E-state index is 0.642. The van der Waals surface area contributed by atoms with Gasteiger partial charge in [0.05, 0.1) is 0 Å². The van der Waals surface area contributed by atoms with E-state index in [1.54, 1.807) is 22.3 Å². The van der Waals surface area contributed by atoms with Gasteiger partial charge >= 0.3 is 0 Å². The maximum absolute atomic E-state index is 4.54. The van der Waals surface area contributed by atoms with E-state index in [9.17, 15) is 0 Å². The molecule has 0 saturated heterocycles. The Kier molecular flexibility index (Phi) is 8.02. The summed E-state index contributed by atoms with van der Waals surface area (Å²) in [7, 11) is 0. The molecule has 0 heterocycles. The topological polar surface area (TPSA) is 0 Å². The molecule has 206 valence electrons. The number of hydrogen-bond donors (Lipinski definition) is 0. The maximum Gasteiger partial charge on any atom is -0.00258 e. The van der Waals surface area contributed by atoms with E-state index in [0.29, 0.717) is 5.92 Å². The third kappa shape index (κ3) is 5.91. The average molecular weight is 519 g/mol. The third-order valence-corrected chi connectivity index (χ3v) is 11.1. The molecule has 1 atom stereocenters. The molecule has 2 aromatic rings. The first-order valence-electron chi connectivity index (χ1n) is 16.2. The maximum atomic E-state index is 4.54. The van der Waals surface area contributed by atoms with Crippen LogP contribution < -0.4 is 0 Å². The molecule has 0 heteroatoms. The minimum Gasteiger partial charge on any atom is -0.0949 e. The van der Waals surface area contributed by atoms with Gasteiger partial charge in [-0.05, 0) is 164 Å². The molecule has 0 radical (unpaired) electrons. The second kappa shape index (κ2) is 11.6. The fourth-order valence-corrected chi connectivity index (χ4v) is 8.84. The van der Waals surface area contributed by atoms with Crippen LogP contribution in [0.4, 0.5) is 0 Å². The fourth-order valence-electron chi connectivity index (χ4n) is 8.84. The molecule has 0 bridgehead atoms. The lowest BCUT2D eigenvalue weighted by molar-refractivity contribution is 0.150. The van der Waals surface area contributed by atoms with E-state index in [-0.39, 0.29) is 0 Å². The minimum atomic E-state index is 0.642. The van der Waals surface area contributed by atoms with Crippen LogP contribution in [0.2, 0.25) is 0 Å². The van der Waals surface area contributed by atoms with Crippen molar-refractivity contribution < 1.29 is 0 Å². The highest BCUT2D eigenvalue weighted by Gasteiger charge is 2.31. The zero-order valence-corrected chi connectivity index (χ0v) is 24.9. The van der Waals surface area contributed by atoms with E-state index in [1.165, 1.54) is 98.5 Å². The Morgan fingerprint density at radius 3 is 2.18 bits per heavy atom. The molecule has 0 aliphatic heterocycles. The molecule has 0 amide bonds. The molecular weight excluding hydrogens is 468 g/mol. The van der Waals surface area contributed by atoms with Gasteiger partial charge in [0.15, 0.2) is 0 Å². The van der Waals surface area contributed by atoms with Crippen molar-refractivity contribution in [3.63, 3.8) is 0 Å². The van der Waals surface area contributed by atoms with Gasteiger partial charge in [-0.15, -0.1) is 0 Å². The third-order valence-electron chi connectivity index (χ3n) is 11.1. The Bertz CT molecular complexity index is 1230. The Labute approximate surface area is 238 Å². The second-order valence-corrected chi connectivity index (χ2v) is 13.9. The molecule has 39 heavy (non-hydrogen) atoms. The summed E-state index contributed by atoms with van der Waals surface area (Å²) < 4.78 is 0. The number of benzene rings is 2. The van der Waals surface area contributed by atoms with Gasteiger partial charge in [0.1, 0.15) is 0 Å². The van der Waals surface area contributed by atoms with Gasteiger partial charge in [0.25, 0.3) is 0 Å². The highest BCUT2D eigenvalue weighted by Crippen LogP contribution is 2.43. The highest BCUT2D eigenvalue weighted by atomic mass is 14.4. The van der Waals surface area contributed by atoms with Gasteiger partial charge in [-0.2, -0.15) is 0 Å². The van der Waals surface area contributed by atoms with Crippen molar-refractivity contribution in [1.29, 1.82) is 0 Å². The summed E-state index contributed by atoms with van der Waals surface area (Å²) >= 11 is 0. The molecule has 0 spiro atoms. The molecule has 4 aliphatic carbocycles. The number of hydrogen-bond acceptors (Lipinski definition) is 0. The van der Waals surface area contributed by atoms with E-state index < -0.39 is 0 Å². The lowest BCUT2D eigenvalue weighted by atomic mass is 9.69. The molecule has 0 aromatic heterocycles. The first-order chi connectivity index (χ1) is 18.9. The highest BCUT2D eigenvalue weighted by molar-refractivity contribution is 5.72. The van der Waals surface area contributed by atoms with Crippen LogP contribution in [0.25, 0.3) is 5.57 Å². The van der Waals surface area contributed by atoms with E-state index in [1.807, 2.05) is 0 Å². The van der Waals surface area contributed by atoms with Crippen molar-refractivity contribution in [1.82, 2.24) is 0 Å². The van der Waals surface area contributed by atoms with Gasteiger partial charge in [-0.1, -0.05) is 74.9 Å². The second-order valence-electron chi connectivity index (χ2n) is 13.9. The summed E-state index contributed by atoms with van der Waals surface area (Å²) in [5.41, 5.74) is 13.3. The van der Waals surface area contributed by atoms with Gasteiger partial charge in [0.2, 0.25) is 0 Å². The fraction of sp³-hybridized carbons (Fsp3) is 0.538. The lowest BCUT2D eigenvalue weighted by Crippen LogP contribution is -2.25. The molecule has 6 rings (SSSR count). The van der Waals surface area contributed by atoms with Crippen molar-refractivity contribution in [3.05, 3.63) is 99.7 Å².